The molecule has 5 heteroatoms. The van der Waals surface area contributed by atoms with Crippen LogP contribution in [0.3, 0.4) is 0 Å². The summed E-state index contributed by atoms with van der Waals surface area (Å²) in [6.45, 7) is 4.95. The average molecular weight is 231 g/mol. The van der Waals surface area contributed by atoms with E-state index in [9.17, 15) is 0 Å². The first-order valence-electron chi connectivity index (χ1n) is 5.72. The van der Waals surface area contributed by atoms with Crippen LogP contribution < -0.4 is 5.32 Å². The molecule has 0 aliphatic heterocycles. The Morgan fingerprint density at radius 1 is 1.35 bits per heavy atom. The van der Waals surface area contributed by atoms with E-state index >= 15 is 0 Å². The van der Waals surface area contributed by atoms with Crippen molar-refractivity contribution in [1.29, 1.82) is 0 Å². The molecule has 90 valence electrons. The van der Waals surface area contributed by atoms with Crippen LogP contribution in [0.1, 0.15) is 29.9 Å². The van der Waals surface area contributed by atoms with Gasteiger partial charge in [-0.3, -0.25) is 4.68 Å². The summed E-state index contributed by atoms with van der Waals surface area (Å²) in [5, 5.41) is 7.74. The van der Waals surface area contributed by atoms with Gasteiger partial charge in [0.25, 0.3) is 0 Å². The maximum atomic E-state index is 4.46. The number of rotatable bonds is 4. The normalized spacial score (nSPS) is 12.6. The summed E-state index contributed by atoms with van der Waals surface area (Å²) in [5.41, 5.74) is 3.21. The van der Waals surface area contributed by atoms with Crippen molar-refractivity contribution in [1.82, 2.24) is 25.1 Å². The maximum absolute atomic E-state index is 4.46. The summed E-state index contributed by atoms with van der Waals surface area (Å²) in [4.78, 5) is 8.12. The van der Waals surface area contributed by atoms with Gasteiger partial charge < -0.3 is 5.32 Å². The number of aryl methyl sites for hydroxylation is 2. The third-order valence-electron chi connectivity index (χ3n) is 2.73. The molecule has 0 spiro atoms. The van der Waals surface area contributed by atoms with E-state index in [0.29, 0.717) is 0 Å². The fourth-order valence-corrected chi connectivity index (χ4v) is 2.00. The molecule has 2 heterocycles. The molecule has 1 unspecified atom stereocenters. The first-order chi connectivity index (χ1) is 8.26. The van der Waals surface area contributed by atoms with Crippen LogP contribution in [0, 0.1) is 6.92 Å². The summed E-state index contributed by atoms with van der Waals surface area (Å²) < 4.78 is 2.00. The lowest BCUT2D eigenvalue weighted by Gasteiger charge is -2.16. The summed E-state index contributed by atoms with van der Waals surface area (Å²) >= 11 is 0. The molecule has 0 radical (unpaired) electrons. The molecule has 2 rings (SSSR count). The van der Waals surface area contributed by atoms with E-state index in [1.54, 1.807) is 6.33 Å². The van der Waals surface area contributed by atoms with Gasteiger partial charge in [-0.1, -0.05) is 0 Å². The van der Waals surface area contributed by atoms with Gasteiger partial charge in [-0.15, -0.1) is 0 Å². The van der Waals surface area contributed by atoms with Crippen molar-refractivity contribution in [3.05, 3.63) is 41.7 Å². The Morgan fingerprint density at radius 3 is 2.65 bits per heavy atom. The number of nitrogens with one attached hydrogen (secondary N) is 1. The Morgan fingerprint density at radius 2 is 2.06 bits per heavy atom. The Balaban J connectivity index is 2.42. The molecule has 0 bridgehead atoms. The number of hydrogen-bond donors (Lipinski definition) is 1. The van der Waals surface area contributed by atoms with Crippen LogP contribution in [0.15, 0.2) is 24.8 Å². The molecule has 2 aromatic heterocycles. The highest BCUT2D eigenvalue weighted by Crippen LogP contribution is 2.21. The largest absolute Gasteiger partial charge is 0.308 e. The van der Waals surface area contributed by atoms with E-state index in [2.05, 4.69) is 33.4 Å². The van der Waals surface area contributed by atoms with Crippen LogP contribution in [-0.2, 0) is 6.54 Å². The average Bonchev–Trinajstić information content (AvgIpc) is 2.73. The zero-order valence-electron chi connectivity index (χ0n) is 10.4. The quantitative estimate of drug-likeness (QED) is 0.862. The molecule has 0 amide bonds. The fraction of sp³-hybridized carbons (Fsp3) is 0.417. The van der Waals surface area contributed by atoms with Gasteiger partial charge in [0.2, 0.25) is 0 Å². The molecule has 0 fully saturated rings. The lowest BCUT2D eigenvalue weighted by atomic mass is 10.1. The minimum atomic E-state index is 0.0809. The zero-order valence-corrected chi connectivity index (χ0v) is 10.4. The standard InChI is InChI=1S/C12H17N5/c1-4-17-11(5-9(2)16-17)12(13-3)10-6-14-8-15-7-10/h5-8,12-13H,4H2,1-3H3. The van der Waals surface area contributed by atoms with Crippen molar-refractivity contribution in [3.8, 4) is 0 Å². The van der Waals surface area contributed by atoms with Crippen molar-refractivity contribution < 1.29 is 0 Å². The van der Waals surface area contributed by atoms with E-state index in [4.69, 9.17) is 0 Å². The molecule has 0 aliphatic carbocycles. The van der Waals surface area contributed by atoms with Crippen LogP contribution >= 0.6 is 0 Å². The van der Waals surface area contributed by atoms with Gasteiger partial charge in [0.05, 0.1) is 17.4 Å². The molecule has 17 heavy (non-hydrogen) atoms. The predicted octanol–water partition coefficient (Wildman–Crippen LogP) is 1.31. The first-order valence-corrected chi connectivity index (χ1v) is 5.72. The highest BCUT2D eigenvalue weighted by atomic mass is 15.3. The topological polar surface area (TPSA) is 55.6 Å². The van der Waals surface area contributed by atoms with Gasteiger partial charge in [0, 0.05) is 24.5 Å². The second-order valence-corrected chi connectivity index (χ2v) is 3.92. The van der Waals surface area contributed by atoms with Crippen LogP contribution in [0.4, 0.5) is 0 Å². The summed E-state index contributed by atoms with van der Waals surface area (Å²) in [6, 6.07) is 2.18. The monoisotopic (exact) mass is 231 g/mol. The van der Waals surface area contributed by atoms with Crippen molar-refractivity contribution in [2.24, 2.45) is 0 Å². The van der Waals surface area contributed by atoms with Crippen molar-refractivity contribution >= 4 is 0 Å². The van der Waals surface area contributed by atoms with Gasteiger partial charge in [-0.05, 0) is 27.0 Å². The van der Waals surface area contributed by atoms with E-state index in [1.165, 1.54) is 0 Å². The second-order valence-electron chi connectivity index (χ2n) is 3.92. The molecule has 0 saturated carbocycles. The number of aromatic nitrogens is 4. The molecule has 0 saturated heterocycles. The van der Waals surface area contributed by atoms with Crippen LogP contribution in [0.2, 0.25) is 0 Å². The molecule has 2 aromatic rings. The smallest absolute Gasteiger partial charge is 0.115 e. The van der Waals surface area contributed by atoms with Gasteiger partial charge in [0.15, 0.2) is 0 Å². The first kappa shape index (κ1) is 11.7. The molecule has 1 atom stereocenters. The second kappa shape index (κ2) is 5.05. The molecule has 1 N–H and O–H groups in total. The molecule has 0 aromatic carbocycles. The predicted molar refractivity (Wildman–Crippen MR) is 65.6 cm³/mol. The van der Waals surface area contributed by atoms with Crippen molar-refractivity contribution in [2.45, 2.75) is 26.4 Å². The number of nitrogens with zero attached hydrogens (tertiary/aromatic N) is 4. The Hall–Kier alpha value is -1.75. The van der Waals surface area contributed by atoms with Gasteiger partial charge in [0.1, 0.15) is 6.33 Å². The summed E-state index contributed by atoms with van der Waals surface area (Å²) in [6.07, 6.45) is 5.20. The Kier molecular flexibility index (Phi) is 3.49. The van der Waals surface area contributed by atoms with E-state index in [0.717, 1.165) is 23.5 Å². The van der Waals surface area contributed by atoms with Crippen LogP contribution in [0.25, 0.3) is 0 Å². The Bertz CT molecular complexity index is 477. The lowest BCUT2D eigenvalue weighted by molar-refractivity contribution is 0.559. The maximum Gasteiger partial charge on any atom is 0.115 e. The molecular formula is C12H17N5. The summed E-state index contributed by atoms with van der Waals surface area (Å²) in [7, 11) is 1.93. The fourth-order valence-electron chi connectivity index (χ4n) is 2.00. The van der Waals surface area contributed by atoms with Crippen LogP contribution in [0.5, 0.6) is 0 Å². The van der Waals surface area contributed by atoms with Crippen molar-refractivity contribution in [3.63, 3.8) is 0 Å². The van der Waals surface area contributed by atoms with E-state index < -0.39 is 0 Å². The zero-order chi connectivity index (χ0) is 12.3. The third-order valence-corrected chi connectivity index (χ3v) is 2.73. The molecule has 5 nitrogen and oxygen atoms in total. The minimum absolute atomic E-state index is 0.0809. The molecule has 0 aliphatic rings. The van der Waals surface area contributed by atoms with Crippen LogP contribution in [-0.4, -0.2) is 26.8 Å². The third kappa shape index (κ3) is 2.34. The van der Waals surface area contributed by atoms with Gasteiger partial charge in [-0.2, -0.15) is 5.10 Å². The van der Waals surface area contributed by atoms with E-state index in [-0.39, 0.29) is 6.04 Å². The Labute approximate surface area is 101 Å². The summed E-state index contributed by atoms with van der Waals surface area (Å²) in [5.74, 6) is 0. The van der Waals surface area contributed by atoms with Crippen molar-refractivity contribution in [2.75, 3.05) is 7.05 Å². The van der Waals surface area contributed by atoms with E-state index in [1.807, 2.05) is 31.0 Å². The van der Waals surface area contributed by atoms with Gasteiger partial charge in [-0.25, -0.2) is 9.97 Å². The minimum Gasteiger partial charge on any atom is -0.308 e. The number of hydrogen-bond acceptors (Lipinski definition) is 4. The molecular weight excluding hydrogens is 214 g/mol. The highest BCUT2D eigenvalue weighted by Gasteiger charge is 2.17. The lowest BCUT2D eigenvalue weighted by Crippen LogP contribution is -2.21. The SMILES string of the molecule is CCn1nc(C)cc1C(NC)c1cncnc1. The highest BCUT2D eigenvalue weighted by molar-refractivity contribution is 5.25. The van der Waals surface area contributed by atoms with Gasteiger partial charge >= 0.3 is 0 Å².